The molecule has 0 spiro atoms. The van der Waals surface area contributed by atoms with E-state index in [0.717, 1.165) is 11.1 Å². The van der Waals surface area contributed by atoms with Gasteiger partial charge in [-0.2, -0.15) is 0 Å². The molecule has 4 aromatic rings. The smallest absolute Gasteiger partial charge is 0.354 e. The number of aromatic nitrogens is 4. The first-order chi connectivity index (χ1) is 15.5. The van der Waals surface area contributed by atoms with Gasteiger partial charge in [0.25, 0.3) is 0 Å². The normalized spacial score (nSPS) is 12.0. The second kappa shape index (κ2) is 8.79. The molecule has 166 valence electrons. The number of fused-ring (bicyclic) bond motifs is 3. The Labute approximate surface area is 193 Å². The molecule has 0 aliphatic carbocycles. The molecule has 0 saturated heterocycles. The first kappa shape index (κ1) is 22.1. The van der Waals surface area contributed by atoms with Gasteiger partial charge in [-0.25, -0.2) is 24.1 Å². The van der Waals surface area contributed by atoms with Gasteiger partial charge in [0.15, 0.2) is 0 Å². The number of nitrogens with zero attached hydrogens (tertiary/aromatic N) is 4. The summed E-state index contributed by atoms with van der Waals surface area (Å²) in [6, 6.07) is 11.7. The lowest BCUT2D eigenvalue weighted by molar-refractivity contribution is 0.0691. The van der Waals surface area contributed by atoms with Crippen molar-refractivity contribution in [1.29, 1.82) is 0 Å². The Bertz CT molecular complexity index is 1400. The van der Waals surface area contributed by atoms with E-state index in [4.69, 9.17) is 16.7 Å². The summed E-state index contributed by atoms with van der Waals surface area (Å²) in [5.41, 5.74) is 3.50. The number of anilines is 2. The van der Waals surface area contributed by atoms with Crippen molar-refractivity contribution in [2.45, 2.75) is 14.0 Å². The highest BCUT2D eigenvalue weighted by molar-refractivity contribution is 6.31. The van der Waals surface area contributed by atoms with Crippen molar-refractivity contribution >= 4 is 35.2 Å². The molecule has 0 bridgehead atoms. The molecule has 0 unspecified atom stereocenters. The zero-order valence-corrected chi connectivity index (χ0v) is 17.1. The van der Waals surface area contributed by atoms with Crippen molar-refractivity contribution in [2.24, 2.45) is 4.99 Å². The molecule has 0 atom stereocenters. The first-order valence-electron chi connectivity index (χ1n) is 9.50. The van der Waals surface area contributed by atoms with E-state index < -0.39 is 5.97 Å². The van der Waals surface area contributed by atoms with Gasteiger partial charge in [-0.05, 0) is 24.3 Å². The summed E-state index contributed by atoms with van der Waals surface area (Å²) in [6.45, 7) is 0.246. The molecular formula is C23H18ClFN6O2. The van der Waals surface area contributed by atoms with Crippen molar-refractivity contribution < 1.29 is 14.3 Å². The Morgan fingerprint density at radius 1 is 1.09 bits per heavy atom. The summed E-state index contributed by atoms with van der Waals surface area (Å²) in [4.78, 5) is 31.2. The fourth-order valence-corrected chi connectivity index (χ4v) is 3.64. The average Bonchev–Trinajstić information content (AvgIpc) is 3.19. The second-order valence-corrected chi connectivity index (χ2v) is 7.41. The van der Waals surface area contributed by atoms with Crippen molar-refractivity contribution in [1.82, 2.24) is 19.9 Å². The van der Waals surface area contributed by atoms with Gasteiger partial charge in [-0.15, -0.1) is 0 Å². The highest BCUT2D eigenvalue weighted by Gasteiger charge is 2.23. The first-order valence-corrected chi connectivity index (χ1v) is 9.88. The lowest BCUT2D eigenvalue weighted by Gasteiger charge is -2.12. The summed E-state index contributed by atoms with van der Waals surface area (Å²) >= 11 is 6.26. The van der Waals surface area contributed by atoms with E-state index in [-0.39, 0.29) is 37.4 Å². The molecule has 8 nitrogen and oxygen atoms in total. The number of carboxylic acid groups (broad SMARTS) is 1. The van der Waals surface area contributed by atoms with Crippen LogP contribution in [-0.2, 0) is 6.54 Å². The van der Waals surface area contributed by atoms with Gasteiger partial charge in [0.2, 0.25) is 11.9 Å². The van der Waals surface area contributed by atoms with Gasteiger partial charge in [-0.1, -0.05) is 37.2 Å². The number of hydrogen-bond donors (Lipinski definition) is 3. The molecule has 2 aromatic heterocycles. The van der Waals surface area contributed by atoms with E-state index in [1.807, 2.05) is 6.07 Å². The Hall–Kier alpha value is -4.11. The van der Waals surface area contributed by atoms with Crippen LogP contribution >= 0.6 is 11.6 Å². The Kier molecular flexibility index (Phi) is 5.89. The van der Waals surface area contributed by atoms with Crippen LogP contribution < -0.4 is 5.32 Å². The minimum atomic E-state index is -1.13. The number of halogens is 2. The number of carbonyl (C=O) groups is 1. The van der Waals surface area contributed by atoms with Crippen LogP contribution in [0, 0.1) is 5.82 Å². The minimum Gasteiger partial charge on any atom is -0.477 e. The minimum absolute atomic E-state index is 0. The molecule has 2 aromatic carbocycles. The molecule has 0 saturated carbocycles. The van der Waals surface area contributed by atoms with Crippen molar-refractivity contribution in [3.63, 3.8) is 0 Å². The number of rotatable bonds is 4. The van der Waals surface area contributed by atoms with E-state index in [0.29, 0.717) is 27.6 Å². The van der Waals surface area contributed by atoms with Gasteiger partial charge < -0.3 is 10.1 Å². The lowest BCUT2D eigenvalue weighted by atomic mass is 9.95. The molecular weight excluding hydrogens is 447 g/mol. The predicted octanol–water partition coefficient (Wildman–Crippen LogP) is 5.09. The fraction of sp³-hybridized carbons (Fsp3) is 0.0870. The average molecular weight is 465 g/mol. The number of hydrogen-bond acceptors (Lipinski definition) is 6. The number of aromatic carboxylic acids is 1. The summed E-state index contributed by atoms with van der Waals surface area (Å²) < 4.78 is 14.6. The van der Waals surface area contributed by atoms with Crippen LogP contribution in [0.4, 0.5) is 16.3 Å². The quantitative estimate of drug-likeness (QED) is 0.387. The molecule has 5 rings (SSSR count). The lowest BCUT2D eigenvalue weighted by Crippen LogP contribution is -2.07. The molecule has 33 heavy (non-hydrogen) atoms. The summed E-state index contributed by atoms with van der Waals surface area (Å²) in [5, 5.41) is 12.4. The van der Waals surface area contributed by atoms with E-state index >= 15 is 0 Å². The van der Waals surface area contributed by atoms with Gasteiger partial charge in [0.1, 0.15) is 11.5 Å². The van der Waals surface area contributed by atoms with Gasteiger partial charge in [-0.3, -0.25) is 10.3 Å². The fourth-order valence-electron chi connectivity index (χ4n) is 3.47. The summed E-state index contributed by atoms with van der Waals surface area (Å²) in [6.07, 6.45) is 2.82. The Morgan fingerprint density at radius 3 is 2.67 bits per heavy atom. The van der Waals surface area contributed by atoms with Crippen LogP contribution in [0.5, 0.6) is 0 Å². The van der Waals surface area contributed by atoms with Gasteiger partial charge in [0.05, 0.1) is 24.1 Å². The van der Waals surface area contributed by atoms with Gasteiger partial charge >= 0.3 is 5.97 Å². The third kappa shape index (κ3) is 4.18. The van der Waals surface area contributed by atoms with Crippen LogP contribution in [-0.4, -0.2) is 36.7 Å². The largest absolute Gasteiger partial charge is 0.477 e. The highest BCUT2D eigenvalue weighted by Crippen LogP contribution is 2.34. The third-order valence-corrected chi connectivity index (χ3v) is 5.16. The molecule has 0 fully saturated rings. The van der Waals surface area contributed by atoms with Crippen LogP contribution in [0.2, 0.25) is 5.02 Å². The Balaban J connectivity index is 0.00000259. The van der Waals surface area contributed by atoms with Crippen LogP contribution in [0.3, 0.4) is 0 Å². The summed E-state index contributed by atoms with van der Waals surface area (Å²) in [5.74, 6) is -1.11. The number of carboxylic acids is 1. The maximum atomic E-state index is 14.6. The summed E-state index contributed by atoms with van der Waals surface area (Å²) in [7, 11) is 0. The topological polar surface area (TPSA) is 116 Å². The molecule has 10 heteroatoms. The third-order valence-electron chi connectivity index (χ3n) is 4.93. The number of H-pyrrole nitrogens is 1. The number of imidazole rings is 1. The SMILES string of the molecule is C.O=C(O)c1cnc(Nc2ncc3c(n2)-c2ccc(Cl)cc2C(c2ccccc2F)=NC3)[nH]1. The molecule has 1 aliphatic heterocycles. The van der Waals surface area contributed by atoms with E-state index in [9.17, 15) is 9.18 Å². The molecule has 0 amide bonds. The number of aliphatic imine (C=N–C) groups is 1. The monoisotopic (exact) mass is 464 g/mol. The predicted molar refractivity (Wildman–Crippen MR) is 124 cm³/mol. The van der Waals surface area contributed by atoms with Crippen molar-refractivity contribution in [3.05, 3.63) is 88.1 Å². The standard InChI is InChI=1S/C22H14ClFN6O2.CH4/c23-12-5-6-13-15(7-12)19(14-3-1-2-4-16(14)24)25-8-11-9-26-22(29-18(11)13)30-21-27-10-17(28-21)20(31)32;/h1-7,9-10H,8H2,(H,31,32)(H2,26,27,28,29,30);1H4. The zero-order chi connectivity index (χ0) is 22.2. The second-order valence-electron chi connectivity index (χ2n) is 6.98. The highest BCUT2D eigenvalue weighted by atomic mass is 35.5. The Morgan fingerprint density at radius 2 is 1.91 bits per heavy atom. The van der Waals surface area contributed by atoms with E-state index in [2.05, 4.69) is 30.2 Å². The number of benzene rings is 2. The van der Waals surface area contributed by atoms with E-state index in [1.54, 1.807) is 36.5 Å². The van der Waals surface area contributed by atoms with Crippen LogP contribution in [0.15, 0.2) is 59.9 Å². The maximum Gasteiger partial charge on any atom is 0.354 e. The van der Waals surface area contributed by atoms with Crippen LogP contribution in [0.1, 0.15) is 34.6 Å². The molecule has 1 aliphatic rings. The van der Waals surface area contributed by atoms with E-state index in [1.165, 1.54) is 12.3 Å². The molecule has 3 N–H and O–H groups in total. The molecule has 3 heterocycles. The number of nitrogens with one attached hydrogen (secondary N) is 2. The van der Waals surface area contributed by atoms with Gasteiger partial charge in [0, 0.05) is 33.5 Å². The van der Waals surface area contributed by atoms with Crippen molar-refractivity contribution in [3.8, 4) is 11.3 Å². The van der Waals surface area contributed by atoms with Crippen molar-refractivity contribution in [2.75, 3.05) is 5.32 Å². The van der Waals surface area contributed by atoms with Crippen LogP contribution in [0.25, 0.3) is 11.3 Å². The number of aromatic amines is 1. The zero-order valence-electron chi connectivity index (χ0n) is 16.3. The maximum absolute atomic E-state index is 14.6. The molecule has 0 radical (unpaired) electrons.